The van der Waals surface area contributed by atoms with Gasteiger partial charge in [-0.15, -0.1) is 11.6 Å². The van der Waals surface area contributed by atoms with Gasteiger partial charge in [0.2, 0.25) is 0 Å². The average Bonchev–Trinajstić information content (AvgIpc) is 3.22. The second kappa shape index (κ2) is 10.5. The van der Waals surface area contributed by atoms with Gasteiger partial charge in [-0.3, -0.25) is 4.90 Å². The first kappa shape index (κ1) is 25.9. The molecule has 7 nitrogen and oxygen atoms in total. The third-order valence-corrected chi connectivity index (χ3v) is 7.62. The Morgan fingerprint density at radius 2 is 2.09 bits per heavy atom. The van der Waals surface area contributed by atoms with Crippen LogP contribution < -0.4 is 4.90 Å². The zero-order valence-corrected chi connectivity index (χ0v) is 23.0. The van der Waals surface area contributed by atoms with Crippen molar-refractivity contribution in [3.63, 3.8) is 0 Å². The minimum Gasteiger partial charge on any atom is -0.443 e. The summed E-state index contributed by atoms with van der Waals surface area (Å²) >= 11 is 15.1. The first-order chi connectivity index (χ1) is 16.5. The Hall–Kier alpha value is -2.14. The van der Waals surface area contributed by atoms with Crippen molar-refractivity contribution in [1.82, 2.24) is 15.0 Å². The predicted octanol–water partition coefficient (Wildman–Crippen LogP) is 6.34. The lowest BCUT2D eigenvalue weighted by Crippen LogP contribution is -2.39. The van der Waals surface area contributed by atoms with Crippen molar-refractivity contribution in [2.24, 2.45) is 0 Å². The number of carbonyl (C=O) groups excluding carboxylic acids is 1. The number of H-pyrrole nitrogens is 1. The molecule has 2 N–H and O–H groups in total. The van der Waals surface area contributed by atoms with Crippen LogP contribution >= 0.6 is 45.8 Å². The Bertz CT molecular complexity index is 1300. The largest absolute Gasteiger partial charge is 0.443 e. The number of carbonyl (C=O) groups is 1. The van der Waals surface area contributed by atoms with Crippen molar-refractivity contribution in [3.8, 4) is 0 Å². The van der Waals surface area contributed by atoms with Crippen molar-refractivity contribution >= 4 is 68.7 Å². The van der Waals surface area contributed by atoms with Crippen LogP contribution in [0.2, 0.25) is 5.15 Å². The molecule has 0 bridgehead atoms. The molecule has 1 aliphatic rings. The fourth-order valence-electron chi connectivity index (χ4n) is 3.68. The molecule has 3 aromatic rings. The van der Waals surface area contributed by atoms with Crippen LogP contribution in [0.5, 0.6) is 0 Å². The van der Waals surface area contributed by atoms with Crippen molar-refractivity contribution in [3.05, 3.63) is 76.7 Å². The number of aromatic nitrogens is 3. The second-order valence-corrected chi connectivity index (χ2v) is 11.5. The summed E-state index contributed by atoms with van der Waals surface area (Å²) < 4.78 is 5.72. The van der Waals surface area contributed by atoms with E-state index in [9.17, 15) is 9.90 Å². The van der Waals surface area contributed by atoms with Gasteiger partial charge in [-0.25, -0.2) is 14.8 Å². The van der Waals surface area contributed by atoms with E-state index in [-0.39, 0.29) is 21.0 Å². The quantitative estimate of drug-likeness (QED) is 0.196. The molecule has 0 spiro atoms. The summed E-state index contributed by atoms with van der Waals surface area (Å²) in [5.74, 6) is 0.313. The topological polar surface area (TPSA) is 91.3 Å². The molecule has 3 heterocycles. The number of anilines is 1. The van der Waals surface area contributed by atoms with Gasteiger partial charge in [-0.05, 0) is 50.6 Å². The molecule has 4 rings (SSSR count). The molecule has 1 amide bonds. The Morgan fingerprint density at radius 3 is 2.77 bits per heavy atom. The smallest absolute Gasteiger partial charge is 0.416 e. The number of ether oxygens (including phenoxy) is 1. The van der Waals surface area contributed by atoms with E-state index < -0.39 is 17.8 Å². The lowest BCUT2D eigenvalue weighted by atomic mass is 10.0. The van der Waals surface area contributed by atoms with Crippen LogP contribution in [0.1, 0.15) is 38.0 Å². The van der Waals surface area contributed by atoms with Crippen LogP contribution in [-0.4, -0.2) is 47.6 Å². The van der Waals surface area contributed by atoms with Gasteiger partial charge in [-0.2, -0.15) is 0 Å². The Balaban J connectivity index is 1.66. The van der Waals surface area contributed by atoms with Crippen LogP contribution in [-0.2, 0) is 4.74 Å². The number of rotatable bonds is 5. The molecule has 0 radical (unpaired) electrons. The minimum atomic E-state index is -1.03. The number of pyridine rings is 2. The van der Waals surface area contributed by atoms with E-state index in [1.165, 1.54) is 4.90 Å². The lowest BCUT2D eigenvalue weighted by Gasteiger charge is -2.28. The SMILES string of the molecule is CC(C)(C)OC(=O)N(CC1=CC(I)C(Cl)C=C1)c1ccc(C(O)c2c[nH]c3ncccc23)c(Cl)n1. The van der Waals surface area contributed by atoms with E-state index in [1.807, 2.05) is 24.3 Å². The van der Waals surface area contributed by atoms with Gasteiger partial charge < -0.3 is 14.8 Å². The normalized spacial score (nSPS) is 18.9. The summed E-state index contributed by atoms with van der Waals surface area (Å²) in [6.45, 7) is 5.64. The molecule has 1 aliphatic carbocycles. The molecule has 35 heavy (non-hydrogen) atoms. The number of halogens is 3. The fraction of sp³-hybridized carbons (Fsp3) is 0.320. The molecule has 0 saturated carbocycles. The Morgan fingerprint density at radius 1 is 1.31 bits per heavy atom. The number of nitrogens with one attached hydrogen (secondary N) is 1. The highest BCUT2D eigenvalue weighted by Crippen LogP contribution is 2.33. The summed E-state index contributed by atoms with van der Waals surface area (Å²) in [7, 11) is 0. The van der Waals surface area contributed by atoms with Crippen molar-refractivity contribution < 1.29 is 14.6 Å². The van der Waals surface area contributed by atoms with E-state index in [0.29, 0.717) is 22.6 Å². The second-order valence-electron chi connectivity index (χ2n) is 9.15. The standard InChI is InChI=1S/C25H25Cl2IN4O3/c1-25(2,3)35-24(34)32(13-14-6-8-18(26)19(28)11-14)20-9-7-16(22(27)31-20)21(33)17-12-30-23-15(17)5-4-10-29-23/h4-12,18-19,21,33H,13H2,1-3H3,(H,29,30). The Labute approximate surface area is 227 Å². The van der Waals surface area contributed by atoms with E-state index in [4.69, 9.17) is 27.9 Å². The van der Waals surface area contributed by atoms with E-state index in [0.717, 1.165) is 11.0 Å². The van der Waals surface area contributed by atoms with Crippen LogP contribution in [0, 0.1) is 0 Å². The highest BCUT2D eigenvalue weighted by molar-refractivity contribution is 14.1. The zero-order chi connectivity index (χ0) is 25.3. The number of nitrogens with zero attached hydrogens (tertiary/aromatic N) is 3. The third kappa shape index (κ3) is 5.99. The van der Waals surface area contributed by atoms with Crippen molar-refractivity contribution in [2.75, 3.05) is 11.4 Å². The summed E-state index contributed by atoms with van der Waals surface area (Å²) in [6.07, 6.45) is 7.61. The van der Waals surface area contributed by atoms with Crippen molar-refractivity contribution in [2.45, 2.75) is 41.8 Å². The molecule has 0 saturated heterocycles. The summed E-state index contributed by atoms with van der Waals surface area (Å²) in [5.41, 5.74) is 1.93. The van der Waals surface area contributed by atoms with Crippen LogP contribution in [0.25, 0.3) is 11.0 Å². The highest BCUT2D eigenvalue weighted by Gasteiger charge is 2.28. The first-order valence-corrected chi connectivity index (χ1v) is 13.0. The molecule has 3 atom stereocenters. The predicted molar refractivity (Wildman–Crippen MR) is 148 cm³/mol. The minimum absolute atomic E-state index is 0.0857. The third-order valence-electron chi connectivity index (χ3n) is 5.34. The van der Waals surface area contributed by atoms with Gasteiger partial charge in [0.25, 0.3) is 0 Å². The fourth-order valence-corrected chi connectivity index (χ4v) is 4.78. The molecule has 0 aromatic carbocycles. The number of hydrogen-bond donors (Lipinski definition) is 2. The van der Waals surface area contributed by atoms with E-state index in [2.05, 4.69) is 37.5 Å². The molecular weight excluding hydrogens is 602 g/mol. The Kier molecular flexibility index (Phi) is 7.75. The van der Waals surface area contributed by atoms with Gasteiger partial charge in [0.05, 0.1) is 11.9 Å². The highest BCUT2D eigenvalue weighted by atomic mass is 127. The number of aliphatic hydroxyl groups is 1. The molecule has 184 valence electrons. The number of fused-ring (bicyclic) bond motifs is 1. The van der Waals surface area contributed by atoms with Gasteiger partial charge in [0.1, 0.15) is 28.3 Å². The summed E-state index contributed by atoms with van der Waals surface area (Å²) in [4.78, 5) is 26.3. The maximum atomic E-state index is 13.1. The summed E-state index contributed by atoms with van der Waals surface area (Å²) in [5, 5.41) is 11.8. The van der Waals surface area contributed by atoms with Gasteiger partial charge >= 0.3 is 6.09 Å². The van der Waals surface area contributed by atoms with Crippen LogP contribution in [0.15, 0.2) is 60.5 Å². The number of aliphatic hydroxyl groups excluding tert-OH is 1. The maximum absolute atomic E-state index is 13.1. The number of allylic oxidation sites excluding steroid dienone is 2. The molecule has 3 unspecified atom stereocenters. The number of amides is 1. The molecular formula is C25H25Cl2IN4O3. The molecule has 0 fully saturated rings. The van der Waals surface area contributed by atoms with Crippen LogP contribution in [0.4, 0.5) is 10.6 Å². The van der Waals surface area contributed by atoms with Crippen molar-refractivity contribution in [1.29, 1.82) is 0 Å². The van der Waals surface area contributed by atoms with Gasteiger partial charge in [0, 0.05) is 32.8 Å². The monoisotopic (exact) mass is 626 g/mol. The van der Waals surface area contributed by atoms with Crippen LogP contribution in [0.3, 0.4) is 0 Å². The first-order valence-electron chi connectivity index (χ1n) is 11.0. The van der Waals surface area contributed by atoms with E-state index in [1.54, 1.807) is 51.4 Å². The molecule has 0 aliphatic heterocycles. The van der Waals surface area contributed by atoms with E-state index >= 15 is 0 Å². The number of alkyl halides is 2. The number of hydrogen-bond acceptors (Lipinski definition) is 5. The van der Waals surface area contributed by atoms with Gasteiger partial charge in [0.15, 0.2) is 0 Å². The molecule has 3 aromatic heterocycles. The maximum Gasteiger partial charge on any atom is 0.416 e. The van der Waals surface area contributed by atoms with Gasteiger partial charge in [-0.1, -0.05) is 52.4 Å². The lowest BCUT2D eigenvalue weighted by molar-refractivity contribution is 0.0582. The average molecular weight is 627 g/mol. The zero-order valence-electron chi connectivity index (χ0n) is 19.4. The summed E-state index contributed by atoms with van der Waals surface area (Å²) in [6, 6.07) is 6.99. The molecule has 10 heteroatoms. The number of aromatic amines is 1.